The molecule has 0 aromatic carbocycles. The van der Waals surface area contributed by atoms with Crippen molar-refractivity contribution in [2.24, 2.45) is 16.1 Å². The van der Waals surface area contributed by atoms with Gasteiger partial charge in [-0.25, -0.2) is 13.2 Å². The van der Waals surface area contributed by atoms with E-state index in [1.54, 1.807) is 12.3 Å². The van der Waals surface area contributed by atoms with Gasteiger partial charge < -0.3 is 0 Å². The number of alkyl halides is 3. The van der Waals surface area contributed by atoms with Crippen molar-refractivity contribution in [1.29, 1.82) is 0 Å². The molecule has 0 aromatic heterocycles. The number of allylic oxidation sites excluding steroid dienone is 4. The first-order valence-corrected chi connectivity index (χ1v) is 6.71. The van der Waals surface area contributed by atoms with E-state index in [0.29, 0.717) is 0 Å². The summed E-state index contributed by atoms with van der Waals surface area (Å²) >= 11 is 0. The van der Waals surface area contributed by atoms with Gasteiger partial charge in [0.2, 0.25) is 0 Å². The number of hydrogen-bond acceptors (Lipinski definition) is 2. The lowest BCUT2D eigenvalue weighted by atomic mass is 9.94. The van der Waals surface area contributed by atoms with Crippen LogP contribution in [0.15, 0.2) is 33.5 Å². The Morgan fingerprint density at radius 1 is 1.35 bits per heavy atom. The smallest absolute Gasteiger partial charge is 0.188 e. The molecule has 0 amide bonds. The Balaban J connectivity index is 2.93. The first-order valence-electron chi connectivity index (χ1n) is 6.71. The van der Waals surface area contributed by atoms with E-state index in [4.69, 9.17) is 0 Å². The molecule has 0 N–H and O–H groups in total. The molecule has 0 unspecified atom stereocenters. The molecule has 1 heterocycles. The summed E-state index contributed by atoms with van der Waals surface area (Å²) in [6.45, 7) is 2.55. The maximum absolute atomic E-state index is 13.8. The van der Waals surface area contributed by atoms with Gasteiger partial charge in [0.15, 0.2) is 5.67 Å². The van der Waals surface area contributed by atoms with Gasteiger partial charge in [-0.1, -0.05) is 19.1 Å². The zero-order valence-electron chi connectivity index (χ0n) is 12.2. The summed E-state index contributed by atoms with van der Waals surface area (Å²) in [4.78, 5) is 0. The fraction of sp³-hybridized carbons (Fsp3) is 0.600. The Kier molecular flexibility index (Phi) is 6.17. The van der Waals surface area contributed by atoms with Crippen LogP contribution in [-0.4, -0.2) is 30.9 Å². The SMILES string of the molecule is C/C(=C/C=C(\C)C(F)(CF)CF)C1=NN=CCC[C@H]1C. The number of hydrogen-bond donors (Lipinski definition) is 0. The highest BCUT2D eigenvalue weighted by Gasteiger charge is 2.31. The minimum absolute atomic E-state index is 0.0345. The molecule has 2 nitrogen and oxygen atoms in total. The fourth-order valence-corrected chi connectivity index (χ4v) is 1.92. The second kappa shape index (κ2) is 7.41. The number of halogens is 3. The van der Waals surface area contributed by atoms with E-state index in [0.717, 1.165) is 24.1 Å². The summed E-state index contributed by atoms with van der Waals surface area (Å²) in [5.41, 5.74) is -0.831. The Morgan fingerprint density at radius 2 is 2.00 bits per heavy atom. The van der Waals surface area contributed by atoms with Crippen LogP contribution in [0.3, 0.4) is 0 Å². The zero-order chi connectivity index (χ0) is 15.2. The standard InChI is InChI=1S/C15H21F3N2/c1-11-5-4-8-19-20-14(11)12(2)6-7-13(3)15(18,9-16)10-17/h6-8,11H,4-5,9-10H2,1-3H3/b12-6-,13-7+/t11-/m1/s1. The lowest BCUT2D eigenvalue weighted by molar-refractivity contribution is 0.123. The molecular weight excluding hydrogens is 265 g/mol. The van der Waals surface area contributed by atoms with Crippen LogP contribution in [0.1, 0.15) is 33.6 Å². The van der Waals surface area contributed by atoms with E-state index in [1.165, 1.54) is 13.0 Å². The third-order valence-corrected chi connectivity index (χ3v) is 3.56. The van der Waals surface area contributed by atoms with Crippen molar-refractivity contribution in [1.82, 2.24) is 0 Å². The highest BCUT2D eigenvalue weighted by molar-refractivity contribution is 6.01. The predicted molar refractivity (Wildman–Crippen MR) is 77.6 cm³/mol. The van der Waals surface area contributed by atoms with E-state index in [2.05, 4.69) is 10.2 Å². The molecule has 1 atom stereocenters. The first kappa shape index (κ1) is 16.7. The van der Waals surface area contributed by atoms with Crippen LogP contribution >= 0.6 is 0 Å². The van der Waals surface area contributed by atoms with Gasteiger partial charge in [-0.3, -0.25) is 0 Å². The second-order valence-electron chi connectivity index (χ2n) is 5.19. The molecule has 0 aromatic rings. The van der Waals surface area contributed by atoms with Crippen molar-refractivity contribution < 1.29 is 13.2 Å². The predicted octanol–water partition coefficient (Wildman–Crippen LogP) is 4.38. The summed E-state index contributed by atoms with van der Waals surface area (Å²) in [6, 6.07) is 0. The molecule has 0 saturated carbocycles. The maximum atomic E-state index is 13.8. The van der Waals surface area contributed by atoms with Gasteiger partial charge >= 0.3 is 0 Å². The lowest BCUT2D eigenvalue weighted by Crippen LogP contribution is -2.29. The van der Waals surface area contributed by atoms with Crippen molar-refractivity contribution in [2.75, 3.05) is 13.3 Å². The van der Waals surface area contributed by atoms with Crippen molar-refractivity contribution in [3.8, 4) is 0 Å². The monoisotopic (exact) mass is 286 g/mol. The average Bonchev–Trinajstić information content (AvgIpc) is 2.68. The molecule has 1 aliphatic rings. The summed E-state index contributed by atoms with van der Waals surface area (Å²) in [6.07, 6.45) is 6.63. The second-order valence-corrected chi connectivity index (χ2v) is 5.19. The van der Waals surface area contributed by atoms with Crippen LogP contribution in [0, 0.1) is 5.92 Å². The average molecular weight is 286 g/mol. The topological polar surface area (TPSA) is 24.7 Å². The Morgan fingerprint density at radius 3 is 2.60 bits per heavy atom. The normalized spacial score (nSPS) is 21.7. The Hall–Kier alpha value is -1.39. The van der Waals surface area contributed by atoms with Crippen molar-refractivity contribution in [2.45, 2.75) is 39.3 Å². The Labute approximate surface area is 118 Å². The van der Waals surface area contributed by atoms with Crippen LogP contribution in [0.2, 0.25) is 0 Å². The summed E-state index contributed by atoms with van der Waals surface area (Å²) in [5, 5.41) is 8.07. The molecule has 1 aliphatic heterocycles. The van der Waals surface area contributed by atoms with Gasteiger partial charge in [-0.2, -0.15) is 10.2 Å². The molecular formula is C15H21F3N2. The minimum atomic E-state index is -2.52. The quantitative estimate of drug-likeness (QED) is 0.670. The van der Waals surface area contributed by atoms with E-state index >= 15 is 0 Å². The summed E-state index contributed by atoms with van der Waals surface area (Å²) in [7, 11) is 0. The molecule has 0 aliphatic carbocycles. The van der Waals surface area contributed by atoms with Crippen LogP contribution in [0.4, 0.5) is 13.2 Å². The highest BCUT2D eigenvalue weighted by Crippen LogP contribution is 2.24. The van der Waals surface area contributed by atoms with E-state index in [-0.39, 0.29) is 11.5 Å². The van der Waals surface area contributed by atoms with Gasteiger partial charge in [0.05, 0.1) is 5.71 Å². The molecule has 1 rings (SSSR count). The van der Waals surface area contributed by atoms with Gasteiger partial charge in [0.1, 0.15) is 13.3 Å². The van der Waals surface area contributed by atoms with E-state index in [1.807, 2.05) is 13.8 Å². The molecule has 20 heavy (non-hydrogen) atoms. The molecule has 0 saturated heterocycles. The number of rotatable bonds is 5. The molecule has 112 valence electrons. The third-order valence-electron chi connectivity index (χ3n) is 3.56. The van der Waals surface area contributed by atoms with Crippen LogP contribution < -0.4 is 0 Å². The highest BCUT2D eigenvalue weighted by atomic mass is 19.2. The van der Waals surface area contributed by atoms with Gasteiger partial charge in [0.25, 0.3) is 0 Å². The maximum Gasteiger partial charge on any atom is 0.188 e. The lowest BCUT2D eigenvalue weighted by Gasteiger charge is -2.18. The summed E-state index contributed by atoms with van der Waals surface area (Å²) < 4.78 is 38.9. The molecule has 0 bridgehead atoms. The van der Waals surface area contributed by atoms with Crippen LogP contribution in [0.5, 0.6) is 0 Å². The van der Waals surface area contributed by atoms with E-state index < -0.39 is 19.0 Å². The molecule has 5 heteroatoms. The third kappa shape index (κ3) is 4.05. The molecule has 0 spiro atoms. The van der Waals surface area contributed by atoms with Crippen molar-refractivity contribution in [3.05, 3.63) is 23.3 Å². The van der Waals surface area contributed by atoms with Crippen molar-refractivity contribution in [3.63, 3.8) is 0 Å². The fourth-order valence-electron chi connectivity index (χ4n) is 1.92. The minimum Gasteiger partial charge on any atom is -0.247 e. The first-order chi connectivity index (χ1) is 9.44. The van der Waals surface area contributed by atoms with Crippen LogP contribution in [-0.2, 0) is 0 Å². The summed E-state index contributed by atoms with van der Waals surface area (Å²) in [5.74, 6) is 0.250. The number of nitrogens with zero attached hydrogens (tertiary/aromatic N) is 2. The van der Waals surface area contributed by atoms with Crippen molar-refractivity contribution >= 4 is 11.9 Å². The largest absolute Gasteiger partial charge is 0.247 e. The van der Waals surface area contributed by atoms with E-state index in [9.17, 15) is 13.2 Å². The van der Waals surface area contributed by atoms with Gasteiger partial charge in [0, 0.05) is 12.1 Å². The van der Waals surface area contributed by atoms with Crippen LogP contribution in [0.25, 0.3) is 0 Å². The zero-order valence-corrected chi connectivity index (χ0v) is 12.2. The van der Waals surface area contributed by atoms with Gasteiger partial charge in [-0.05, 0) is 37.8 Å². The molecule has 0 radical (unpaired) electrons. The molecule has 0 fully saturated rings. The van der Waals surface area contributed by atoms with Gasteiger partial charge in [-0.15, -0.1) is 0 Å². The Bertz CT molecular complexity index is 446.